The highest BCUT2D eigenvalue weighted by Gasteiger charge is 2.29. The molecule has 1 aliphatic rings. The molecule has 0 spiro atoms. The second kappa shape index (κ2) is 8.65. The number of nitrogens with zero attached hydrogens (tertiary/aromatic N) is 6. The van der Waals surface area contributed by atoms with E-state index < -0.39 is 0 Å². The van der Waals surface area contributed by atoms with Gasteiger partial charge in [-0.1, -0.05) is 30.3 Å². The van der Waals surface area contributed by atoms with Crippen molar-refractivity contribution in [2.75, 3.05) is 25.0 Å². The molecule has 2 aromatic heterocycles. The lowest BCUT2D eigenvalue weighted by Gasteiger charge is -2.34. The van der Waals surface area contributed by atoms with Gasteiger partial charge in [-0.05, 0) is 38.3 Å². The van der Waals surface area contributed by atoms with Gasteiger partial charge in [0.1, 0.15) is 12.1 Å². The highest BCUT2D eigenvalue weighted by atomic mass is 16.2. The highest BCUT2D eigenvalue weighted by Crippen LogP contribution is 2.24. The van der Waals surface area contributed by atoms with Crippen LogP contribution < -0.4 is 4.90 Å². The fourth-order valence-corrected chi connectivity index (χ4v) is 4.12. The number of anilines is 1. The molecular formula is C23H28N6O. The van der Waals surface area contributed by atoms with Crippen molar-refractivity contribution < 1.29 is 4.79 Å². The molecule has 156 valence electrons. The molecule has 1 saturated heterocycles. The minimum atomic E-state index is -0.0282. The first-order chi connectivity index (χ1) is 14.5. The maximum atomic E-state index is 13.1. The van der Waals surface area contributed by atoms with Crippen molar-refractivity contribution in [3.8, 4) is 5.82 Å². The van der Waals surface area contributed by atoms with Crippen molar-refractivity contribution in [2.24, 2.45) is 5.92 Å². The first kappa shape index (κ1) is 20.1. The molecule has 3 aromatic rings. The van der Waals surface area contributed by atoms with Gasteiger partial charge in [-0.2, -0.15) is 5.10 Å². The number of amides is 1. The summed E-state index contributed by atoms with van der Waals surface area (Å²) in [6.45, 7) is 6.18. The number of benzene rings is 1. The van der Waals surface area contributed by atoms with Crippen molar-refractivity contribution in [2.45, 2.75) is 33.2 Å². The van der Waals surface area contributed by atoms with Crippen molar-refractivity contribution in [3.63, 3.8) is 0 Å². The molecule has 4 rings (SSSR count). The molecule has 0 aliphatic carbocycles. The summed E-state index contributed by atoms with van der Waals surface area (Å²) in [6.07, 6.45) is 3.45. The van der Waals surface area contributed by atoms with Crippen LogP contribution in [0.2, 0.25) is 0 Å². The molecule has 7 nitrogen and oxygen atoms in total. The summed E-state index contributed by atoms with van der Waals surface area (Å²) in [6, 6.07) is 14.1. The van der Waals surface area contributed by atoms with Crippen LogP contribution in [0.3, 0.4) is 0 Å². The van der Waals surface area contributed by atoms with Gasteiger partial charge in [0, 0.05) is 38.4 Å². The van der Waals surface area contributed by atoms with Crippen molar-refractivity contribution >= 4 is 11.7 Å². The van der Waals surface area contributed by atoms with E-state index in [9.17, 15) is 4.79 Å². The zero-order valence-electron chi connectivity index (χ0n) is 17.8. The second-order valence-electron chi connectivity index (χ2n) is 8.04. The Morgan fingerprint density at radius 3 is 2.63 bits per heavy atom. The van der Waals surface area contributed by atoms with Crippen molar-refractivity contribution in [1.82, 2.24) is 24.6 Å². The van der Waals surface area contributed by atoms with E-state index in [-0.39, 0.29) is 11.8 Å². The van der Waals surface area contributed by atoms with Gasteiger partial charge in [-0.25, -0.2) is 14.6 Å². The van der Waals surface area contributed by atoms with E-state index in [1.807, 2.05) is 60.8 Å². The third-order valence-corrected chi connectivity index (χ3v) is 5.60. The number of piperidine rings is 1. The summed E-state index contributed by atoms with van der Waals surface area (Å²) >= 11 is 0. The zero-order valence-corrected chi connectivity index (χ0v) is 17.8. The van der Waals surface area contributed by atoms with E-state index in [4.69, 9.17) is 0 Å². The molecule has 1 unspecified atom stereocenters. The molecule has 3 heterocycles. The monoisotopic (exact) mass is 404 g/mol. The van der Waals surface area contributed by atoms with Gasteiger partial charge < -0.3 is 9.80 Å². The second-order valence-corrected chi connectivity index (χ2v) is 8.04. The minimum Gasteiger partial charge on any atom is -0.356 e. The number of rotatable bonds is 5. The Balaban J connectivity index is 1.47. The van der Waals surface area contributed by atoms with Gasteiger partial charge >= 0.3 is 0 Å². The topological polar surface area (TPSA) is 67.2 Å². The van der Waals surface area contributed by atoms with Gasteiger partial charge in [-0.3, -0.25) is 4.79 Å². The van der Waals surface area contributed by atoms with Crippen molar-refractivity contribution in [3.05, 3.63) is 65.7 Å². The van der Waals surface area contributed by atoms with Crippen LogP contribution in [0.1, 0.15) is 29.8 Å². The first-order valence-electron chi connectivity index (χ1n) is 10.4. The summed E-state index contributed by atoms with van der Waals surface area (Å²) in [5.74, 6) is 1.76. The normalized spacial score (nSPS) is 16.5. The number of aryl methyl sites for hydroxylation is 2. The van der Waals surface area contributed by atoms with Gasteiger partial charge in [0.25, 0.3) is 0 Å². The quantitative estimate of drug-likeness (QED) is 0.654. The van der Waals surface area contributed by atoms with E-state index in [2.05, 4.69) is 32.1 Å². The van der Waals surface area contributed by atoms with Crippen LogP contribution in [-0.2, 0) is 11.3 Å². The third-order valence-electron chi connectivity index (χ3n) is 5.60. The van der Waals surface area contributed by atoms with Crippen LogP contribution >= 0.6 is 0 Å². The molecule has 1 amide bonds. The Kier molecular flexibility index (Phi) is 5.79. The van der Waals surface area contributed by atoms with E-state index in [1.165, 1.54) is 0 Å². The predicted octanol–water partition coefficient (Wildman–Crippen LogP) is 3.15. The van der Waals surface area contributed by atoms with Gasteiger partial charge in [-0.15, -0.1) is 0 Å². The Morgan fingerprint density at radius 2 is 1.90 bits per heavy atom. The van der Waals surface area contributed by atoms with E-state index >= 15 is 0 Å². The van der Waals surface area contributed by atoms with Crippen LogP contribution in [0.15, 0.2) is 48.8 Å². The van der Waals surface area contributed by atoms with Gasteiger partial charge in [0.15, 0.2) is 5.82 Å². The maximum Gasteiger partial charge on any atom is 0.227 e. The number of hydrogen-bond donors (Lipinski definition) is 0. The lowest BCUT2D eigenvalue weighted by atomic mass is 9.96. The molecule has 1 aromatic carbocycles. The average Bonchev–Trinajstić information content (AvgIpc) is 3.12. The minimum absolute atomic E-state index is 0.0282. The summed E-state index contributed by atoms with van der Waals surface area (Å²) in [5.41, 5.74) is 3.13. The molecule has 1 fully saturated rings. The lowest BCUT2D eigenvalue weighted by molar-refractivity contribution is -0.135. The van der Waals surface area contributed by atoms with Gasteiger partial charge in [0.05, 0.1) is 11.6 Å². The molecule has 0 radical (unpaired) electrons. The zero-order chi connectivity index (χ0) is 21.1. The highest BCUT2D eigenvalue weighted by molar-refractivity contribution is 5.79. The van der Waals surface area contributed by atoms with E-state index in [0.29, 0.717) is 13.1 Å². The Hall–Kier alpha value is -3.22. The smallest absolute Gasteiger partial charge is 0.227 e. The summed E-state index contributed by atoms with van der Waals surface area (Å²) in [5, 5.41) is 4.52. The van der Waals surface area contributed by atoms with Crippen LogP contribution in [0.5, 0.6) is 0 Å². The summed E-state index contributed by atoms with van der Waals surface area (Å²) in [7, 11) is 1.89. The lowest BCUT2D eigenvalue weighted by Crippen LogP contribution is -2.43. The molecule has 0 N–H and O–H groups in total. The third kappa shape index (κ3) is 4.35. The van der Waals surface area contributed by atoms with E-state index in [1.54, 1.807) is 6.33 Å². The summed E-state index contributed by atoms with van der Waals surface area (Å²) < 4.78 is 1.83. The number of hydrogen-bond acceptors (Lipinski definition) is 5. The first-order valence-corrected chi connectivity index (χ1v) is 10.4. The molecule has 30 heavy (non-hydrogen) atoms. The summed E-state index contributed by atoms with van der Waals surface area (Å²) in [4.78, 5) is 26.0. The molecule has 1 aliphatic heterocycles. The molecular weight excluding hydrogens is 376 g/mol. The average molecular weight is 405 g/mol. The Labute approximate surface area is 177 Å². The van der Waals surface area contributed by atoms with Crippen LogP contribution in [0.4, 0.5) is 5.82 Å². The molecule has 7 heteroatoms. The van der Waals surface area contributed by atoms with Crippen LogP contribution in [0.25, 0.3) is 5.82 Å². The molecule has 0 saturated carbocycles. The fraction of sp³-hybridized carbons (Fsp3) is 0.391. The molecule has 0 bridgehead atoms. The predicted molar refractivity (Wildman–Crippen MR) is 116 cm³/mol. The number of carbonyl (C=O) groups is 1. The van der Waals surface area contributed by atoms with E-state index in [0.717, 1.165) is 48.0 Å². The molecule has 1 atom stereocenters. The van der Waals surface area contributed by atoms with Crippen LogP contribution in [0, 0.1) is 19.8 Å². The Bertz CT molecular complexity index is 1020. The standard InChI is InChI=1S/C23H28N6O/c1-17-12-18(2)29(26-17)22-13-21(24-16-25-22)28-11-7-10-20(15-28)23(30)27(3)14-19-8-5-4-6-9-19/h4-6,8-9,12-13,16,20H,7,10-11,14-15H2,1-3H3. The SMILES string of the molecule is Cc1cc(C)n(-c2cc(N3CCCC(C(=O)N(C)Cc4ccccc4)C3)ncn2)n1. The van der Waals surface area contributed by atoms with Gasteiger partial charge in [0.2, 0.25) is 5.91 Å². The number of aromatic nitrogens is 4. The van der Waals surface area contributed by atoms with Crippen LogP contribution in [-0.4, -0.2) is 50.7 Å². The Morgan fingerprint density at radius 1 is 1.13 bits per heavy atom. The number of carbonyl (C=O) groups excluding carboxylic acids is 1. The maximum absolute atomic E-state index is 13.1. The fourth-order valence-electron chi connectivity index (χ4n) is 4.12. The van der Waals surface area contributed by atoms with Crippen molar-refractivity contribution in [1.29, 1.82) is 0 Å². The largest absolute Gasteiger partial charge is 0.356 e.